The lowest BCUT2D eigenvalue weighted by Crippen LogP contribution is -1.98. The van der Waals surface area contributed by atoms with E-state index >= 15 is 0 Å². The summed E-state index contributed by atoms with van der Waals surface area (Å²) in [5.41, 5.74) is 0. The molecule has 2 aromatic heterocycles. The average molecular weight is 205 g/mol. The van der Waals surface area contributed by atoms with Crippen LogP contribution in [0.25, 0.3) is 0 Å². The van der Waals surface area contributed by atoms with E-state index in [4.69, 9.17) is 5.26 Å². The van der Waals surface area contributed by atoms with Crippen LogP contribution >= 0.6 is 11.3 Å². The minimum absolute atomic E-state index is 0.200. The van der Waals surface area contributed by atoms with E-state index in [0.29, 0.717) is 6.54 Å². The van der Waals surface area contributed by atoms with E-state index in [-0.39, 0.29) is 5.82 Å². The van der Waals surface area contributed by atoms with E-state index in [2.05, 4.69) is 15.1 Å². The molecule has 0 aliphatic carbocycles. The first-order chi connectivity index (χ1) is 6.78. The van der Waals surface area contributed by atoms with E-state index in [0.717, 1.165) is 9.88 Å². The van der Waals surface area contributed by atoms with Crippen LogP contribution in [0.15, 0.2) is 12.5 Å². The third-order valence-corrected chi connectivity index (χ3v) is 2.52. The zero-order valence-electron chi connectivity index (χ0n) is 7.51. The van der Waals surface area contributed by atoms with Crippen LogP contribution in [-0.2, 0) is 6.54 Å². The van der Waals surface area contributed by atoms with Crippen molar-refractivity contribution in [3.63, 3.8) is 0 Å². The van der Waals surface area contributed by atoms with Crippen molar-refractivity contribution in [1.29, 1.82) is 5.26 Å². The van der Waals surface area contributed by atoms with E-state index in [1.54, 1.807) is 22.3 Å². The monoisotopic (exact) mass is 205 g/mol. The first-order valence-electron chi connectivity index (χ1n) is 3.99. The third-order valence-electron chi connectivity index (χ3n) is 1.62. The molecule has 0 N–H and O–H groups in total. The van der Waals surface area contributed by atoms with Crippen molar-refractivity contribution in [3.8, 4) is 6.07 Å². The Bertz CT molecular complexity index is 478. The van der Waals surface area contributed by atoms with E-state index in [1.165, 1.54) is 0 Å². The molecule has 0 unspecified atom stereocenters. The van der Waals surface area contributed by atoms with Gasteiger partial charge in [0.25, 0.3) is 5.82 Å². The quantitative estimate of drug-likeness (QED) is 0.732. The molecule has 0 amide bonds. The molecule has 0 saturated carbocycles. The first kappa shape index (κ1) is 8.84. The van der Waals surface area contributed by atoms with Crippen LogP contribution in [0.3, 0.4) is 0 Å². The van der Waals surface area contributed by atoms with Crippen molar-refractivity contribution < 1.29 is 0 Å². The summed E-state index contributed by atoms with van der Waals surface area (Å²) in [6.45, 7) is 2.58. The number of hydrogen-bond acceptors (Lipinski definition) is 5. The predicted octanol–water partition coefficient (Wildman–Crippen LogP) is 0.963. The standard InChI is InChI=1S/C8H7N5S/c1-6-10-3-7(14-6)4-13-5-11-8(2-9)12-13/h3,5H,4H2,1H3. The molecule has 0 bridgehead atoms. The zero-order chi connectivity index (χ0) is 9.97. The maximum absolute atomic E-state index is 8.52. The van der Waals surface area contributed by atoms with Gasteiger partial charge in [0.05, 0.1) is 11.6 Å². The Morgan fingerprint density at radius 1 is 1.57 bits per heavy atom. The lowest BCUT2D eigenvalue weighted by molar-refractivity contribution is 0.689. The fourth-order valence-corrected chi connectivity index (χ4v) is 1.85. The van der Waals surface area contributed by atoms with Gasteiger partial charge >= 0.3 is 0 Å². The summed E-state index contributed by atoms with van der Waals surface area (Å²) in [5, 5.41) is 13.5. The Balaban J connectivity index is 2.15. The van der Waals surface area contributed by atoms with Crippen LogP contribution in [0.1, 0.15) is 15.7 Å². The highest BCUT2D eigenvalue weighted by Crippen LogP contribution is 2.12. The highest BCUT2D eigenvalue weighted by molar-refractivity contribution is 7.11. The summed E-state index contributed by atoms with van der Waals surface area (Å²) >= 11 is 1.62. The molecule has 70 valence electrons. The fourth-order valence-electron chi connectivity index (χ4n) is 1.06. The smallest absolute Gasteiger partial charge is 0.250 e. The van der Waals surface area contributed by atoms with Crippen LogP contribution in [0.4, 0.5) is 0 Å². The highest BCUT2D eigenvalue weighted by Gasteiger charge is 2.02. The Kier molecular flexibility index (Phi) is 2.24. The topological polar surface area (TPSA) is 67.4 Å². The molecule has 0 atom stereocenters. The lowest BCUT2D eigenvalue weighted by Gasteiger charge is -1.93. The van der Waals surface area contributed by atoms with Gasteiger partial charge in [-0.3, -0.25) is 0 Å². The first-order valence-corrected chi connectivity index (χ1v) is 4.80. The minimum Gasteiger partial charge on any atom is -0.250 e. The second kappa shape index (κ2) is 3.55. The molecule has 2 heterocycles. The van der Waals surface area contributed by atoms with Crippen molar-refractivity contribution in [3.05, 3.63) is 28.2 Å². The van der Waals surface area contributed by atoms with Gasteiger partial charge in [-0.1, -0.05) is 0 Å². The van der Waals surface area contributed by atoms with Crippen molar-refractivity contribution in [2.45, 2.75) is 13.5 Å². The number of nitrogens with zero attached hydrogens (tertiary/aromatic N) is 5. The maximum atomic E-state index is 8.52. The molecule has 0 aromatic carbocycles. The molecular weight excluding hydrogens is 198 g/mol. The van der Waals surface area contributed by atoms with Gasteiger partial charge < -0.3 is 0 Å². The van der Waals surface area contributed by atoms with Crippen LogP contribution in [0.5, 0.6) is 0 Å². The van der Waals surface area contributed by atoms with Crippen molar-refractivity contribution in [2.24, 2.45) is 0 Å². The average Bonchev–Trinajstić information content (AvgIpc) is 2.76. The second-order valence-electron chi connectivity index (χ2n) is 2.72. The van der Waals surface area contributed by atoms with Gasteiger partial charge in [-0.05, 0) is 6.92 Å². The maximum Gasteiger partial charge on any atom is 0.252 e. The second-order valence-corrected chi connectivity index (χ2v) is 4.04. The van der Waals surface area contributed by atoms with Crippen molar-refractivity contribution in [1.82, 2.24) is 19.7 Å². The molecule has 2 rings (SSSR count). The van der Waals surface area contributed by atoms with Gasteiger partial charge in [-0.2, -0.15) is 5.26 Å². The Labute approximate surface area is 84.7 Å². The summed E-state index contributed by atoms with van der Waals surface area (Å²) in [4.78, 5) is 9.05. The Hall–Kier alpha value is -1.74. The predicted molar refractivity (Wildman–Crippen MR) is 50.7 cm³/mol. The van der Waals surface area contributed by atoms with Crippen molar-refractivity contribution in [2.75, 3.05) is 0 Å². The summed E-state index contributed by atoms with van der Waals surface area (Å²) in [6.07, 6.45) is 3.36. The summed E-state index contributed by atoms with van der Waals surface area (Å²) in [6, 6.07) is 1.88. The van der Waals surface area contributed by atoms with Gasteiger partial charge in [0.15, 0.2) is 0 Å². The van der Waals surface area contributed by atoms with Crippen LogP contribution in [-0.4, -0.2) is 19.7 Å². The van der Waals surface area contributed by atoms with Gasteiger partial charge in [-0.15, -0.1) is 16.4 Å². The zero-order valence-corrected chi connectivity index (χ0v) is 8.32. The molecule has 2 aromatic rings. The SMILES string of the molecule is Cc1ncc(Cn2cnc(C#N)n2)s1. The summed E-state index contributed by atoms with van der Waals surface area (Å²) < 4.78 is 1.63. The van der Waals surface area contributed by atoms with Crippen molar-refractivity contribution >= 4 is 11.3 Å². The number of aryl methyl sites for hydroxylation is 1. The van der Waals surface area contributed by atoms with Crippen LogP contribution < -0.4 is 0 Å². The molecule has 14 heavy (non-hydrogen) atoms. The molecule has 0 spiro atoms. The summed E-state index contributed by atoms with van der Waals surface area (Å²) in [7, 11) is 0. The lowest BCUT2D eigenvalue weighted by atomic mass is 10.5. The molecule has 5 nitrogen and oxygen atoms in total. The van der Waals surface area contributed by atoms with Crippen LogP contribution in [0.2, 0.25) is 0 Å². The molecule has 0 fully saturated rings. The Morgan fingerprint density at radius 2 is 2.43 bits per heavy atom. The van der Waals surface area contributed by atoms with Gasteiger partial charge in [0.2, 0.25) is 0 Å². The number of rotatable bonds is 2. The number of thiazole rings is 1. The number of aromatic nitrogens is 4. The molecule has 0 aliphatic rings. The van der Waals surface area contributed by atoms with Gasteiger partial charge in [0.1, 0.15) is 12.4 Å². The fraction of sp³-hybridized carbons (Fsp3) is 0.250. The van der Waals surface area contributed by atoms with Crippen LogP contribution in [0, 0.1) is 18.3 Å². The molecule has 0 radical (unpaired) electrons. The summed E-state index contributed by atoms with van der Waals surface area (Å²) in [5.74, 6) is 0.200. The number of nitriles is 1. The third kappa shape index (κ3) is 1.78. The van der Waals surface area contributed by atoms with Gasteiger partial charge in [-0.25, -0.2) is 14.6 Å². The Morgan fingerprint density at radius 3 is 3.00 bits per heavy atom. The number of hydrogen-bond donors (Lipinski definition) is 0. The van der Waals surface area contributed by atoms with E-state index < -0.39 is 0 Å². The van der Waals surface area contributed by atoms with Gasteiger partial charge in [0, 0.05) is 11.1 Å². The molecule has 0 saturated heterocycles. The largest absolute Gasteiger partial charge is 0.252 e. The highest BCUT2D eigenvalue weighted by atomic mass is 32.1. The normalized spacial score (nSPS) is 10.0. The van der Waals surface area contributed by atoms with E-state index in [9.17, 15) is 0 Å². The van der Waals surface area contributed by atoms with E-state index in [1.807, 2.05) is 19.2 Å². The molecule has 6 heteroatoms. The molecule has 0 aliphatic heterocycles. The minimum atomic E-state index is 0.200. The molecular formula is C8H7N5S.